The lowest BCUT2D eigenvalue weighted by molar-refractivity contribution is -0.141. The van der Waals surface area contributed by atoms with Crippen molar-refractivity contribution in [2.75, 3.05) is 0 Å². The first-order valence-corrected chi connectivity index (χ1v) is 3.99. The largest absolute Gasteiger partial charge is 0.435 e. The number of primary amides is 1. The molecule has 0 radical (unpaired) electrons. The van der Waals surface area contributed by atoms with Crippen LogP contribution in [0.5, 0.6) is 0 Å². The Hall–Kier alpha value is -2.19. The molecule has 0 aliphatic heterocycles. The van der Waals surface area contributed by atoms with Crippen LogP contribution in [0.1, 0.15) is 16.3 Å². The van der Waals surface area contributed by atoms with E-state index in [1.807, 2.05) is 0 Å². The number of nitrogens with two attached hydrogens (primary N) is 1. The van der Waals surface area contributed by atoms with Gasteiger partial charge in [0.2, 0.25) is 5.82 Å². The van der Waals surface area contributed by atoms with E-state index in [0.29, 0.717) is 4.52 Å². The van der Waals surface area contributed by atoms with Crippen LogP contribution in [0.15, 0.2) is 12.1 Å². The summed E-state index contributed by atoms with van der Waals surface area (Å²) in [7, 11) is 0. The standard InChI is InChI=1S/C7H4F3N5O/c8-7(9,10)3-1-2-4-12-13-6(5(11)16)15(4)14-3/h1-2H,(H2,11,16). The summed E-state index contributed by atoms with van der Waals surface area (Å²) in [6, 6.07) is 1.80. The van der Waals surface area contributed by atoms with Crippen molar-refractivity contribution >= 4 is 11.6 Å². The average molecular weight is 231 g/mol. The summed E-state index contributed by atoms with van der Waals surface area (Å²) in [5, 5.41) is 9.97. The minimum Gasteiger partial charge on any atom is -0.363 e. The molecule has 0 aliphatic carbocycles. The van der Waals surface area contributed by atoms with Crippen LogP contribution in [0, 0.1) is 0 Å². The molecule has 84 valence electrons. The zero-order valence-electron chi connectivity index (χ0n) is 7.56. The molecular weight excluding hydrogens is 227 g/mol. The normalized spacial score (nSPS) is 11.9. The zero-order chi connectivity index (χ0) is 11.9. The van der Waals surface area contributed by atoms with Crippen LogP contribution in [0.2, 0.25) is 0 Å². The lowest BCUT2D eigenvalue weighted by Crippen LogP contribution is -2.18. The summed E-state index contributed by atoms with van der Waals surface area (Å²) >= 11 is 0. The van der Waals surface area contributed by atoms with E-state index in [-0.39, 0.29) is 5.65 Å². The van der Waals surface area contributed by atoms with Gasteiger partial charge < -0.3 is 5.73 Å². The molecule has 2 aromatic rings. The number of amides is 1. The van der Waals surface area contributed by atoms with Crippen LogP contribution in [-0.2, 0) is 6.18 Å². The Kier molecular flexibility index (Phi) is 2.04. The van der Waals surface area contributed by atoms with Crippen molar-refractivity contribution in [2.45, 2.75) is 6.18 Å². The number of alkyl halides is 3. The molecule has 6 nitrogen and oxygen atoms in total. The highest BCUT2D eigenvalue weighted by molar-refractivity contribution is 5.89. The van der Waals surface area contributed by atoms with E-state index in [4.69, 9.17) is 5.73 Å². The van der Waals surface area contributed by atoms with E-state index in [2.05, 4.69) is 15.3 Å². The summed E-state index contributed by atoms with van der Waals surface area (Å²) in [6.07, 6.45) is -4.60. The van der Waals surface area contributed by atoms with Gasteiger partial charge in [0.1, 0.15) is 0 Å². The fourth-order valence-corrected chi connectivity index (χ4v) is 1.09. The van der Waals surface area contributed by atoms with Gasteiger partial charge in [-0.05, 0) is 12.1 Å². The minimum absolute atomic E-state index is 0.0156. The topological polar surface area (TPSA) is 86.2 Å². The molecule has 0 bridgehead atoms. The Balaban J connectivity index is 2.68. The molecule has 0 aliphatic rings. The Labute approximate surface area is 85.9 Å². The van der Waals surface area contributed by atoms with Crippen molar-refractivity contribution in [3.8, 4) is 0 Å². The molecule has 2 heterocycles. The van der Waals surface area contributed by atoms with Crippen molar-refractivity contribution in [3.63, 3.8) is 0 Å². The third-order valence-electron chi connectivity index (χ3n) is 1.77. The van der Waals surface area contributed by atoms with Crippen LogP contribution in [0.25, 0.3) is 5.65 Å². The van der Waals surface area contributed by atoms with Crippen LogP contribution in [-0.4, -0.2) is 25.7 Å². The number of rotatable bonds is 1. The van der Waals surface area contributed by atoms with E-state index >= 15 is 0 Å². The monoisotopic (exact) mass is 231 g/mol. The first-order chi connectivity index (χ1) is 7.39. The summed E-state index contributed by atoms with van der Waals surface area (Å²) in [4.78, 5) is 10.8. The number of aromatic nitrogens is 4. The summed E-state index contributed by atoms with van der Waals surface area (Å²) in [5.41, 5.74) is 3.76. The second kappa shape index (κ2) is 3.15. The molecule has 0 aromatic carbocycles. The van der Waals surface area contributed by atoms with E-state index in [9.17, 15) is 18.0 Å². The summed E-state index contributed by atoms with van der Waals surface area (Å²) in [5.74, 6) is -1.44. The molecule has 0 saturated carbocycles. The Morgan fingerprint density at radius 2 is 2.00 bits per heavy atom. The number of nitrogens with zero attached hydrogens (tertiary/aromatic N) is 4. The quantitative estimate of drug-likeness (QED) is 0.761. The molecule has 9 heteroatoms. The summed E-state index contributed by atoms with van der Waals surface area (Å²) in [6.45, 7) is 0. The van der Waals surface area contributed by atoms with E-state index in [1.165, 1.54) is 0 Å². The second-order valence-corrected chi connectivity index (χ2v) is 2.87. The SMILES string of the molecule is NC(=O)c1nnc2ccc(C(F)(F)F)nn12. The van der Waals surface area contributed by atoms with E-state index < -0.39 is 23.6 Å². The Morgan fingerprint density at radius 1 is 1.31 bits per heavy atom. The molecule has 2 aromatic heterocycles. The van der Waals surface area contributed by atoms with Gasteiger partial charge in [-0.1, -0.05) is 0 Å². The number of hydrogen-bond donors (Lipinski definition) is 1. The number of carbonyl (C=O) groups excluding carboxylic acids is 1. The van der Waals surface area contributed by atoms with E-state index in [1.54, 1.807) is 0 Å². The predicted molar refractivity (Wildman–Crippen MR) is 44.3 cm³/mol. The van der Waals surface area contributed by atoms with Crippen molar-refractivity contribution in [1.82, 2.24) is 19.8 Å². The zero-order valence-corrected chi connectivity index (χ0v) is 7.56. The van der Waals surface area contributed by atoms with Gasteiger partial charge in [0, 0.05) is 0 Å². The smallest absolute Gasteiger partial charge is 0.363 e. The third-order valence-corrected chi connectivity index (χ3v) is 1.77. The molecule has 0 unspecified atom stereocenters. The first-order valence-electron chi connectivity index (χ1n) is 3.99. The molecule has 0 atom stereocenters. The maximum atomic E-state index is 12.3. The van der Waals surface area contributed by atoms with Gasteiger partial charge in [-0.25, -0.2) is 0 Å². The van der Waals surface area contributed by atoms with Crippen molar-refractivity contribution in [1.29, 1.82) is 0 Å². The van der Waals surface area contributed by atoms with Crippen molar-refractivity contribution < 1.29 is 18.0 Å². The van der Waals surface area contributed by atoms with Crippen molar-refractivity contribution in [3.05, 3.63) is 23.7 Å². The maximum absolute atomic E-state index is 12.3. The molecular formula is C7H4F3N5O. The molecule has 0 spiro atoms. The fraction of sp³-hybridized carbons (Fsp3) is 0.143. The van der Waals surface area contributed by atoms with Crippen LogP contribution >= 0.6 is 0 Å². The van der Waals surface area contributed by atoms with Crippen molar-refractivity contribution in [2.24, 2.45) is 5.73 Å². The third kappa shape index (κ3) is 1.55. The number of hydrogen-bond acceptors (Lipinski definition) is 4. The number of fused-ring (bicyclic) bond motifs is 1. The predicted octanol–water partition coefficient (Wildman–Crippen LogP) is 0.242. The van der Waals surface area contributed by atoms with Gasteiger partial charge in [0.15, 0.2) is 11.3 Å². The van der Waals surface area contributed by atoms with Gasteiger partial charge in [-0.15, -0.1) is 10.2 Å². The van der Waals surface area contributed by atoms with Gasteiger partial charge in [0.25, 0.3) is 5.91 Å². The number of halogens is 3. The second-order valence-electron chi connectivity index (χ2n) is 2.87. The molecule has 1 amide bonds. The van der Waals surface area contributed by atoms with Gasteiger partial charge in [-0.2, -0.15) is 22.8 Å². The highest BCUT2D eigenvalue weighted by atomic mass is 19.4. The van der Waals surface area contributed by atoms with Crippen LogP contribution in [0.3, 0.4) is 0 Å². The molecule has 16 heavy (non-hydrogen) atoms. The maximum Gasteiger partial charge on any atom is 0.435 e. The number of carbonyl (C=O) groups is 1. The molecule has 0 fully saturated rings. The summed E-state index contributed by atoms with van der Waals surface area (Å²) < 4.78 is 37.6. The van der Waals surface area contributed by atoms with Crippen LogP contribution in [0.4, 0.5) is 13.2 Å². The molecule has 0 saturated heterocycles. The van der Waals surface area contributed by atoms with Gasteiger partial charge >= 0.3 is 6.18 Å². The van der Waals surface area contributed by atoms with E-state index in [0.717, 1.165) is 12.1 Å². The fourth-order valence-electron chi connectivity index (χ4n) is 1.09. The minimum atomic E-state index is -4.60. The lowest BCUT2D eigenvalue weighted by Gasteiger charge is -2.04. The Bertz CT molecular complexity index is 561. The van der Waals surface area contributed by atoms with Gasteiger partial charge in [0.05, 0.1) is 0 Å². The Morgan fingerprint density at radius 3 is 2.56 bits per heavy atom. The molecule has 2 N–H and O–H groups in total. The highest BCUT2D eigenvalue weighted by Gasteiger charge is 2.33. The lowest BCUT2D eigenvalue weighted by atomic mass is 10.4. The van der Waals surface area contributed by atoms with Crippen LogP contribution < -0.4 is 5.73 Å². The highest BCUT2D eigenvalue weighted by Crippen LogP contribution is 2.27. The first kappa shape index (κ1) is 10.3. The van der Waals surface area contributed by atoms with Gasteiger partial charge in [-0.3, -0.25) is 4.79 Å². The molecule has 2 rings (SSSR count). The average Bonchev–Trinajstić information content (AvgIpc) is 2.58.